The van der Waals surface area contributed by atoms with Crippen molar-refractivity contribution in [2.24, 2.45) is 5.41 Å². The van der Waals surface area contributed by atoms with Crippen LogP contribution in [0.3, 0.4) is 0 Å². The fraction of sp³-hybridized carbons (Fsp3) is 0.750. The van der Waals surface area contributed by atoms with Crippen LogP contribution in [0.5, 0.6) is 0 Å². The molecule has 0 saturated heterocycles. The van der Waals surface area contributed by atoms with E-state index in [1.165, 1.54) is 0 Å². The first kappa shape index (κ1) is 16.4. The number of rotatable bonds is 8. The molecule has 6 nitrogen and oxygen atoms in total. The number of ether oxygens (including phenoxy) is 2. The summed E-state index contributed by atoms with van der Waals surface area (Å²) in [5.41, 5.74) is -0.548. The Morgan fingerprint density at radius 2 is 1.61 bits per heavy atom. The second-order valence-corrected chi connectivity index (χ2v) is 4.49. The van der Waals surface area contributed by atoms with Gasteiger partial charge in [-0.25, -0.2) is 0 Å². The Bertz CT molecular complexity index is 308. The zero-order valence-electron chi connectivity index (χ0n) is 11.0. The molecule has 0 aromatic rings. The highest BCUT2D eigenvalue weighted by Gasteiger charge is 2.26. The zero-order valence-corrected chi connectivity index (χ0v) is 11.0. The van der Waals surface area contributed by atoms with Crippen LogP contribution in [0.4, 0.5) is 0 Å². The highest BCUT2D eigenvalue weighted by molar-refractivity contribution is 5.77. The van der Waals surface area contributed by atoms with Gasteiger partial charge in [0.1, 0.15) is 13.2 Å². The maximum atomic E-state index is 11.5. The molecular weight excluding hydrogens is 240 g/mol. The third-order valence-corrected chi connectivity index (χ3v) is 2.56. The predicted octanol–water partition coefficient (Wildman–Crippen LogP) is 1.37. The van der Waals surface area contributed by atoms with E-state index < -0.39 is 17.4 Å². The number of hydrogen-bond acceptors (Lipinski definition) is 5. The predicted molar refractivity (Wildman–Crippen MR) is 62.9 cm³/mol. The largest absolute Gasteiger partial charge is 0.481 e. The maximum Gasteiger partial charge on any atom is 0.311 e. The average Bonchev–Trinajstić information content (AvgIpc) is 2.31. The van der Waals surface area contributed by atoms with Gasteiger partial charge >= 0.3 is 17.9 Å². The van der Waals surface area contributed by atoms with Gasteiger partial charge in [-0.15, -0.1) is 0 Å². The van der Waals surface area contributed by atoms with Crippen LogP contribution < -0.4 is 0 Å². The molecule has 0 aliphatic rings. The molecule has 18 heavy (non-hydrogen) atoms. The number of carbonyl (C=O) groups excluding carboxylic acids is 2. The number of hydrogen-bond donors (Lipinski definition) is 1. The molecule has 6 heteroatoms. The zero-order chi connectivity index (χ0) is 14.2. The van der Waals surface area contributed by atoms with Crippen LogP contribution in [0, 0.1) is 5.41 Å². The van der Waals surface area contributed by atoms with Crippen LogP contribution in [0.2, 0.25) is 0 Å². The fourth-order valence-electron chi connectivity index (χ4n) is 0.911. The molecule has 0 radical (unpaired) electrons. The van der Waals surface area contributed by atoms with Crippen LogP contribution >= 0.6 is 0 Å². The van der Waals surface area contributed by atoms with E-state index >= 15 is 0 Å². The molecule has 0 atom stereocenters. The quantitative estimate of drug-likeness (QED) is 0.523. The summed E-state index contributed by atoms with van der Waals surface area (Å²) in [6.07, 6.45) is 0.218. The normalized spacial score (nSPS) is 10.8. The van der Waals surface area contributed by atoms with E-state index in [-0.39, 0.29) is 32.0 Å². The van der Waals surface area contributed by atoms with Crippen LogP contribution in [0.25, 0.3) is 0 Å². The third-order valence-electron chi connectivity index (χ3n) is 2.56. The maximum absolute atomic E-state index is 11.5. The van der Waals surface area contributed by atoms with Gasteiger partial charge in [0.25, 0.3) is 0 Å². The van der Waals surface area contributed by atoms with E-state index in [2.05, 4.69) is 0 Å². The minimum Gasteiger partial charge on any atom is -0.481 e. The summed E-state index contributed by atoms with van der Waals surface area (Å²) in [7, 11) is 0. The van der Waals surface area contributed by atoms with E-state index in [1.807, 2.05) is 6.92 Å². The standard InChI is InChI=1S/C12H20O6/c1-4-12(2,3)11(16)18-8-7-17-10(15)6-5-9(13)14/h4-8H2,1-3H3,(H,13,14). The molecule has 0 aromatic heterocycles. The Hall–Kier alpha value is -1.59. The second-order valence-electron chi connectivity index (χ2n) is 4.49. The van der Waals surface area contributed by atoms with Crippen molar-refractivity contribution >= 4 is 17.9 Å². The Balaban J connectivity index is 3.71. The van der Waals surface area contributed by atoms with Crippen LogP contribution in [-0.2, 0) is 23.9 Å². The van der Waals surface area contributed by atoms with Crippen molar-refractivity contribution in [2.45, 2.75) is 40.0 Å². The molecule has 0 bridgehead atoms. The summed E-state index contributed by atoms with van der Waals surface area (Å²) >= 11 is 0. The topological polar surface area (TPSA) is 89.9 Å². The van der Waals surface area contributed by atoms with Gasteiger partial charge in [0.2, 0.25) is 0 Å². The molecule has 0 rings (SSSR count). The summed E-state index contributed by atoms with van der Waals surface area (Å²) in [5, 5.41) is 8.35. The number of carboxylic acids is 1. The molecular formula is C12H20O6. The summed E-state index contributed by atoms with van der Waals surface area (Å²) in [4.78, 5) is 32.7. The molecule has 0 amide bonds. The summed E-state index contributed by atoms with van der Waals surface area (Å²) < 4.78 is 9.65. The van der Waals surface area contributed by atoms with E-state index in [1.54, 1.807) is 13.8 Å². The smallest absolute Gasteiger partial charge is 0.311 e. The van der Waals surface area contributed by atoms with Crippen molar-refractivity contribution in [3.05, 3.63) is 0 Å². The number of esters is 2. The molecule has 0 saturated carbocycles. The summed E-state index contributed by atoms with van der Waals surface area (Å²) in [6.45, 7) is 5.36. The van der Waals surface area contributed by atoms with E-state index in [0.717, 1.165) is 0 Å². The molecule has 0 spiro atoms. The van der Waals surface area contributed by atoms with Gasteiger partial charge in [0, 0.05) is 0 Å². The Morgan fingerprint density at radius 3 is 2.11 bits per heavy atom. The SMILES string of the molecule is CCC(C)(C)C(=O)OCCOC(=O)CCC(=O)O. The molecule has 1 N–H and O–H groups in total. The minimum absolute atomic E-state index is 0.0128. The van der Waals surface area contributed by atoms with Gasteiger partial charge in [-0.2, -0.15) is 0 Å². The molecule has 0 fully saturated rings. The highest BCUT2D eigenvalue weighted by atomic mass is 16.6. The second kappa shape index (κ2) is 7.68. The van der Waals surface area contributed by atoms with E-state index in [9.17, 15) is 14.4 Å². The Labute approximate surface area is 106 Å². The van der Waals surface area contributed by atoms with Crippen molar-refractivity contribution in [3.63, 3.8) is 0 Å². The molecule has 0 aliphatic heterocycles. The molecule has 104 valence electrons. The lowest BCUT2D eigenvalue weighted by Crippen LogP contribution is -2.27. The summed E-state index contributed by atoms with van der Waals surface area (Å²) in [6, 6.07) is 0. The summed E-state index contributed by atoms with van der Waals surface area (Å²) in [5.74, 6) is -2.00. The Morgan fingerprint density at radius 1 is 1.06 bits per heavy atom. The number of aliphatic carboxylic acids is 1. The lowest BCUT2D eigenvalue weighted by molar-refractivity contribution is -0.159. The van der Waals surface area contributed by atoms with Crippen molar-refractivity contribution in [2.75, 3.05) is 13.2 Å². The Kier molecular flexibility index (Phi) is 7.00. The molecule has 0 aromatic carbocycles. The van der Waals surface area contributed by atoms with Gasteiger partial charge in [-0.3, -0.25) is 14.4 Å². The van der Waals surface area contributed by atoms with Crippen molar-refractivity contribution in [1.29, 1.82) is 0 Å². The first-order chi connectivity index (χ1) is 8.29. The third kappa shape index (κ3) is 6.88. The average molecular weight is 260 g/mol. The molecule has 0 unspecified atom stereocenters. The lowest BCUT2D eigenvalue weighted by atomic mass is 9.91. The highest BCUT2D eigenvalue weighted by Crippen LogP contribution is 2.21. The van der Waals surface area contributed by atoms with Gasteiger partial charge in [-0.05, 0) is 20.3 Å². The minimum atomic E-state index is -1.05. The van der Waals surface area contributed by atoms with Crippen LogP contribution in [-0.4, -0.2) is 36.2 Å². The van der Waals surface area contributed by atoms with Crippen LogP contribution in [0.15, 0.2) is 0 Å². The lowest BCUT2D eigenvalue weighted by Gasteiger charge is -2.20. The molecule has 0 aliphatic carbocycles. The van der Waals surface area contributed by atoms with Gasteiger partial charge < -0.3 is 14.6 Å². The number of carboxylic acid groups (broad SMARTS) is 1. The molecule has 0 heterocycles. The van der Waals surface area contributed by atoms with Crippen molar-refractivity contribution < 1.29 is 29.0 Å². The van der Waals surface area contributed by atoms with E-state index in [4.69, 9.17) is 14.6 Å². The van der Waals surface area contributed by atoms with Gasteiger partial charge in [0.05, 0.1) is 18.3 Å². The van der Waals surface area contributed by atoms with Gasteiger partial charge in [0.15, 0.2) is 0 Å². The van der Waals surface area contributed by atoms with Gasteiger partial charge in [-0.1, -0.05) is 6.92 Å². The van der Waals surface area contributed by atoms with E-state index in [0.29, 0.717) is 6.42 Å². The van der Waals surface area contributed by atoms with Crippen molar-refractivity contribution in [1.82, 2.24) is 0 Å². The first-order valence-electron chi connectivity index (χ1n) is 5.84. The van der Waals surface area contributed by atoms with Crippen molar-refractivity contribution in [3.8, 4) is 0 Å². The first-order valence-corrected chi connectivity index (χ1v) is 5.84. The number of carbonyl (C=O) groups is 3. The fourth-order valence-corrected chi connectivity index (χ4v) is 0.911. The van der Waals surface area contributed by atoms with Crippen LogP contribution in [0.1, 0.15) is 40.0 Å². The monoisotopic (exact) mass is 260 g/mol.